The van der Waals surface area contributed by atoms with E-state index < -0.39 is 24.6 Å². The van der Waals surface area contributed by atoms with Gasteiger partial charge in [-0.2, -0.15) is 0 Å². The van der Waals surface area contributed by atoms with E-state index in [9.17, 15) is 9.59 Å². The van der Waals surface area contributed by atoms with E-state index in [2.05, 4.69) is 11.7 Å². The van der Waals surface area contributed by atoms with Gasteiger partial charge in [0.2, 0.25) is 0 Å². The quantitative estimate of drug-likeness (QED) is 0.269. The van der Waals surface area contributed by atoms with Crippen molar-refractivity contribution in [1.29, 1.82) is 0 Å². The van der Waals surface area contributed by atoms with Gasteiger partial charge in [-0.25, -0.2) is 4.79 Å². The van der Waals surface area contributed by atoms with Crippen LogP contribution in [0.5, 0.6) is 0 Å². The molecule has 108 valence electrons. The monoisotopic (exact) mass is 283 g/mol. The van der Waals surface area contributed by atoms with Crippen molar-refractivity contribution in [1.82, 2.24) is 0 Å². The van der Waals surface area contributed by atoms with Crippen molar-refractivity contribution in [2.24, 2.45) is 5.73 Å². The Bertz CT molecular complexity index is 249. The van der Waals surface area contributed by atoms with Gasteiger partial charge in [0.05, 0.1) is 6.61 Å². The summed E-state index contributed by atoms with van der Waals surface area (Å²) in [6.07, 6.45) is 7.96. The van der Waals surface area contributed by atoms with Crippen LogP contribution in [0, 0.1) is 0 Å². The molecule has 0 aromatic carbocycles. The number of carbonyl (C=O) groups is 2. The van der Waals surface area contributed by atoms with Crippen LogP contribution < -0.4 is 5.73 Å². The van der Waals surface area contributed by atoms with E-state index in [4.69, 9.17) is 10.8 Å². The van der Waals surface area contributed by atoms with E-state index in [-0.39, 0.29) is 36.0 Å². The van der Waals surface area contributed by atoms with Crippen LogP contribution in [0.4, 0.5) is 0 Å². The van der Waals surface area contributed by atoms with Crippen molar-refractivity contribution in [3.8, 4) is 0 Å². The molecule has 1 atom stereocenters. The van der Waals surface area contributed by atoms with Crippen molar-refractivity contribution in [2.45, 2.75) is 64.3 Å². The number of nitrogens with two attached hydrogens (primary N) is 1. The van der Waals surface area contributed by atoms with Crippen LogP contribution in [0.15, 0.2) is 0 Å². The Morgan fingerprint density at radius 3 is 2.16 bits per heavy atom. The maximum absolute atomic E-state index is 11.2. The molecule has 0 bridgehead atoms. The summed E-state index contributed by atoms with van der Waals surface area (Å²) in [6, 6.07) is -1.12. The molecule has 0 fully saturated rings. The molecule has 6 heteroatoms. The van der Waals surface area contributed by atoms with E-state index in [1.54, 1.807) is 0 Å². The molecule has 0 unspecified atom stereocenters. The molecular weight excluding hydrogens is 257 g/mol. The molecule has 0 radical (unpaired) electrons. The average Bonchev–Trinajstić information content (AvgIpc) is 2.36. The number of ether oxygens (including phenoxy) is 1. The molecule has 3 N–H and O–H groups in total. The van der Waals surface area contributed by atoms with Gasteiger partial charge >= 0.3 is 41.5 Å². The summed E-state index contributed by atoms with van der Waals surface area (Å²) < 4.78 is 4.49. The summed E-state index contributed by atoms with van der Waals surface area (Å²) in [7, 11) is 0. The summed E-state index contributed by atoms with van der Waals surface area (Å²) in [5.74, 6) is -1.41. The average molecular weight is 283 g/mol. The Labute approximate surface area is 137 Å². The van der Waals surface area contributed by atoms with Crippen LogP contribution >= 0.6 is 0 Å². The second kappa shape index (κ2) is 14.5. The molecule has 0 spiro atoms. The molecule has 0 aliphatic carbocycles. The number of hydrogen-bond acceptors (Lipinski definition) is 5. The molecule has 0 aliphatic rings. The predicted octanol–water partition coefficient (Wildman–Crippen LogP) is 0.868. The Morgan fingerprint density at radius 2 is 1.63 bits per heavy atom. The zero-order chi connectivity index (χ0) is 13.8. The van der Waals surface area contributed by atoms with Gasteiger partial charge in [0.1, 0.15) is 6.04 Å². The van der Waals surface area contributed by atoms with Crippen LogP contribution in [0.1, 0.15) is 58.3 Å². The van der Waals surface area contributed by atoms with Gasteiger partial charge in [0.25, 0.3) is 0 Å². The number of unbranched alkanes of at least 4 members (excludes halogenated alkanes) is 6. The van der Waals surface area contributed by atoms with Crippen LogP contribution in [0.3, 0.4) is 0 Å². The third-order valence-corrected chi connectivity index (χ3v) is 2.70. The molecule has 19 heavy (non-hydrogen) atoms. The minimum absolute atomic E-state index is 0. The van der Waals surface area contributed by atoms with Crippen molar-refractivity contribution in [3.63, 3.8) is 0 Å². The Morgan fingerprint density at radius 1 is 1.11 bits per heavy atom. The SMILES string of the molecule is CCCCCCCCCC(=O)OC(=O)[C@@H](N)CO.[NaH]. The third kappa shape index (κ3) is 12.8. The van der Waals surface area contributed by atoms with Crippen LogP contribution in [-0.4, -0.2) is 59.3 Å². The molecule has 0 aromatic rings. The minimum atomic E-state index is -1.12. The molecular formula is C13H26NNaO4. The fourth-order valence-electron chi connectivity index (χ4n) is 1.54. The third-order valence-electron chi connectivity index (χ3n) is 2.70. The Balaban J connectivity index is 0. The van der Waals surface area contributed by atoms with E-state index >= 15 is 0 Å². The maximum atomic E-state index is 11.2. The number of aliphatic hydroxyl groups excluding tert-OH is 1. The number of rotatable bonds is 10. The molecule has 0 saturated heterocycles. The predicted molar refractivity (Wildman–Crippen MR) is 75.9 cm³/mol. The zero-order valence-corrected chi connectivity index (χ0v) is 11.2. The van der Waals surface area contributed by atoms with Gasteiger partial charge in [-0.05, 0) is 6.42 Å². The second-order valence-electron chi connectivity index (χ2n) is 4.45. The van der Waals surface area contributed by atoms with Crippen molar-refractivity contribution < 1.29 is 19.4 Å². The summed E-state index contributed by atoms with van der Waals surface area (Å²) in [6.45, 7) is 1.66. The number of aliphatic hydroxyl groups is 1. The molecule has 0 saturated carbocycles. The Hall–Kier alpha value is 0.0600. The first-order valence-electron chi connectivity index (χ1n) is 6.72. The summed E-state index contributed by atoms with van der Waals surface area (Å²) >= 11 is 0. The van der Waals surface area contributed by atoms with E-state index in [1.807, 2.05) is 0 Å². The number of hydrogen-bond donors (Lipinski definition) is 2. The van der Waals surface area contributed by atoms with Gasteiger partial charge in [0.15, 0.2) is 0 Å². The fourth-order valence-corrected chi connectivity index (χ4v) is 1.54. The normalized spacial score (nSPS) is 11.5. The van der Waals surface area contributed by atoms with E-state index in [1.165, 1.54) is 25.7 Å². The van der Waals surface area contributed by atoms with E-state index in [0.717, 1.165) is 19.3 Å². The molecule has 0 amide bonds. The first kappa shape index (κ1) is 21.4. The molecule has 0 rings (SSSR count). The zero-order valence-electron chi connectivity index (χ0n) is 11.2. The second-order valence-corrected chi connectivity index (χ2v) is 4.45. The number of esters is 2. The Kier molecular flexibility index (Phi) is 16.3. The van der Waals surface area contributed by atoms with Crippen molar-refractivity contribution in [3.05, 3.63) is 0 Å². The van der Waals surface area contributed by atoms with Gasteiger partial charge in [0, 0.05) is 6.42 Å². The molecule has 0 aromatic heterocycles. The molecule has 5 nitrogen and oxygen atoms in total. The standard InChI is InChI=1S/C13H25NO4.Na.H/c1-2-3-4-5-6-7-8-9-12(16)18-13(17)11(14)10-15;;/h11,15H,2-10,14H2,1H3;;/t11-;;/m0../s1. The van der Waals surface area contributed by atoms with Crippen molar-refractivity contribution >= 4 is 41.5 Å². The van der Waals surface area contributed by atoms with Gasteiger partial charge in [-0.3, -0.25) is 4.79 Å². The van der Waals surface area contributed by atoms with Crippen LogP contribution in [-0.2, 0) is 14.3 Å². The number of carbonyl (C=O) groups excluding carboxylic acids is 2. The fraction of sp³-hybridized carbons (Fsp3) is 0.846. The van der Waals surface area contributed by atoms with Crippen LogP contribution in [0.25, 0.3) is 0 Å². The van der Waals surface area contributed by atoms with Gasteiger partial charge in [-0.15, -0.1) is 0 Å². The summed E-state index contributed by atoms with van der Waals surface area (Å²) in [5.41, 5.74) is 5.21. The first-order chi connectivity index (χ1) is 8.61. The summed E-state index contributed by atoms with van der Waals surface area (Å²) in [4.78, 5) is 22.3. The van der Waals surface area contributed by atoms with Gasteiger partial charge < -0.3 is 15.6 Å². The molecule has 0 heterocycles. The van der Waals surface area contributed by atoms with Crippen LogP contribution in [0.2, 0.25) is 0 Å². The summed E-state index contributed by atoms with van der Waals surface area (Å²) in [5, 5.41) is 8.60. The molecule has 0 aliphatic heterocycles. The van der Waals surface area contributed by atoms with E-state index in [0.29, 0.717) is 0 Å². The first-order valence-corrected chi connectivity index (χ1v) is 6.72. The van der Waals surface area contributed by atoms with Gasteiger partial charge in [-0.1, -0.05) is 45.4 Å². The van der Waals surface area contributed by atoms with Crippen molar-refractivity contribution in [2.75, 3.05) is 6.61 Å². The topological polar surface area (TPSA) is 89.6 Å².